The zero-order valence-corrected chi connectivity index (χ0v) is 20.0. The molecule has 1 N–H and O–H groups in total. The van der Waals surface area contributed by atoms with Gasteiger partial charge in [-0.25, -0.2) is 13.9 Å². The molecular weight excluding hydrogens is 526 g/mol. The summed E-state index contributed by atoms with van der Waals surface area (Å²) in [5, 5.41) is 10.4. The van der Waals surface area contributed by atoms with Crippen molar-refractivity contribution in [2.75, 3.05) is 5.32 Å². The van der Waals surface area contributed by atoms with Crippen LogP contribution in [0.15, 0.2) is 73.1 Å². The molecule has 200 valence electrons. The molecule has 0 saturated carbocycles. The summed E-state index contributed by atoms with van der Waals surface area (Å²) in [4.78, 5) is 16.9. The Morgan fingerprint density at radius 3 is 2.44 bits per heavy atom. The molecule has 3 aromatic heterocycles. The van der Waals surface area contributed by atoms with E-state index in [0.29, 0.717) is 12.6 Å². The molecule has 7 nitrogen and oxygen atoms in total. The van der Waals surface area contributed by atoms with E-state index >= 15 is 0 Å². The minimum Gasteiger partial charge on any atom is -0.318 e. The molecule has 5 rings (SSSR count). The van der Waals surface area contributed by atoms with E-state index in [9.17, 15) is 31.1 Å². The fourth-order valence-electron chi connectivity index (χ4n) is 3.93. The molecule has 0 fully saturated rings. The smallest absolute Gasteiger partial charge is 0.318 e. The summed E-state index contributed by atoms with van der Waals surface area (Å²) in [7, 11) is 0. The second-order valence-electron chi connectivity index (χ2n) is 8.78. The van der Waals surface area contributed by atoms with E-state index in [0.717, 1.165) is 29.3 Å². The third-order valence-corrected chi connectivity index (χ3v) is 5.80. The van der Waals surface area contributed by atoms with Crippen LogP contribution in [0.25, 0.3) is 16.9 Å². The average molecular weight is 544 g/mol. The van der Waals surface area contributed by atoms with Gasteiger partial charge in [0.05, 0.1) is 24.1 Å². The first kappa shape index (κ1) is 25.9. The number of hydrogen-bond donors (Lipinski definition) is 1. The van der Waals surface area contributed by atoms with Crippen LogP contribution in [0.3, 0.4) is 0 Å². The first-order valence-corrected chi connectivity index (χ1v) is 11.4. The maximum atomic E-state index is 14.5. The molecule has 0 aliphatic heterocycles. The van der Waals surface area contributed by atoms with Gasteiger partial charge in [-0.05, 0) is 42.8 Å². The molecule has 3 heterocycles. The zero-order valence-electron chi connectivity index (χ0n) is 20.0. The van der Waals surface area contributed by atoms with Crippen LogP contribution in [0.5, 0.6) is 0 Å². The summed E-state index contributed by atoms with van der Waals surface area (Å²) >= 11 is 0. The maximum Gasteiger partial charge on any atom is 0.459 e. The number of nitrogens with zero attached hydrogens (tertiary/aromatic N) is 5. The number of aryl methyl sites for hydroxylation is 1. The number of benzene rings is 2. The standard InChI is InChI=1S/C26H18F6N6O/c1-15-3-2-4-16(9-15)13-37-14-19(12-33-37)34-24(39)21-11-23-35-20(17-5-7-18(27)8-6-17)10-22(38(23)36-21)25(28,29)26(30,31)32/h2-12,14H,13H2,1H3,(H,34,39). The van der Waals surface area contributed by atoms with Gasteiger partial charge in [0.1, 0.15) is 11.5 Å². The molecule has 0 aliphatic carbocycles. The first-order chi connectivity index (χ1) is 18.4. The van der Waals surface area contributed by atoms with Gasteiger partial charge in [-0.2, -0.15) is 32.1 Å². The van der Waals surface area contributed by atoms with Crippen LogP contribution in [0, 0.1) is 12.7 Å². The van der Waals surface area contributed by atoms with Gasteiger partial charge in [-0.15, -0.1) is 0 Å². The number of carbonyl (C=O) groups excluding carboxylic acids is 1. The van der Waals surface area contributed by atoms with Crippen LogP contribution in [0.1, 0.15) is 27.3 Å². The van der Waals surface area contributed by atoms with Crippen molar-refractivity contribution in [2.45, 2.75) is 25.6 Å². The largest absolute Gasteiger partial charge is 0.459 e. The molecule has 0 saturated heterocycles. The van der Waals surface area contributed by atoms with Gasteiger partial charge in [0.15, 0.2) is 11.3 Å². The Morgan fingerprint density at radius 1 is 1.00 bits per heavy atom. The second kappa shape index (κ2) is 9.57. The number of fused-ring (bicyclic) bond motifs is 1. The third-order valence-electron chi connectivity index (χ3n) is 5.80. The van der Waals surface area contributed by atoms with Crippen LogP contribution >= 0.6 is 0 Å². The molecule has 0 spiro atoms. The van der Waals surface area contributed by atoms with Gasteiger partial charge in [0.2, 0.25) is 0 Å². The monoisotopic (exact) mass is 544 g/mol. The number of hydrogen-bond acceptors (Lipinski definition) is 4. The summed E-state index contributed by atoms with van der Waals surface area (Å²) in [6, 6.07) is 13.6. The molecule has 0 atom stereocenters. The highest BCUT2D eigenvalue weighted by molar-refractivity contribution is 6.03. The van der Waals surface area contributed by atoms with Crippen molar-refractivity contribution in [1.29, 1.82) is 0 Å². The summed E-state index contributed by atoms with van der Waals surface area (Å²) in [5.74, 6) is -6.84. The highest BCUT2D eigenvalue weighted by Gasteiger charge is 2.60. The summed E-state index contributed by atoms with van der Waals surface area (Å²) in [6.45, 7) is 2.36. The van der Waals surface area contributed by atoms with Crippen molar-refractivity contribution in [1.82, 2.24) is 24.4 Å². The van der Waals surface area contributed by atoms with Gasteiger partial charge in [0.25, 0.3) is 5.91 Å². The van der Waals surface area contributed by atoms with Gasteiger partial charge in [-0.1, -0.05) is 29.8 Å². The molecule has 39 heavy (non-hydrogen) atoms. The third kappa shape index (κ3) is 5.19. The lowest BCUT2D eigenvalue weighted by atomic mass is 10.1. The Labute approximate surface area is 216 Å². The minimum atomic E-state index is -5.96. The average Bonchev–Trinajstić information content (AvgIpc) is 3.50. The normalized spacial score (nSPS) is 12.2. The predicted molar refractivity (Wildman–Crippen MR) is 129 cm³/mol. The van der Waals surface area contributed by atoms with Crippen LogP contribution in [-0.2, 0) is 12.5 Å². The minimum absolute atomic E-state index is 0.0892. The molecule has 13 heteroatoms. The highest BCUT2D eigenvalue weighted by Crippen LogP contribution is 2.44. The van der Waals surface area contributed by atoms with Crippen molar-refractivity contribution >= 4 is 17.2 Å². The summed E-state index contributed by atoms with van der Waals surface area (Å²) < 4.78 is 84.2. The van der Waals surface area contributed by atoms with E-state index in [1.807, 2.05) is 31.2 Å². The van der Waals surface area contributed by atoms with Crippen molar-refractivity contribution in [3.8, 4) is 11.3 Å². The molecular formula is C26H18F6N6O. The molecule has 2 aromatic carbocycles. The van der Waals surface area contributed by atoms with Crippen LogP contribution in [0.4, 0.5) is 32.0 Å². The molecule has 5 aromatic rings. The van der Waals surface area contributed by atoms with Gasteiger partial charge >= 0.3 is 12.1 Å². The SMILES string of the molecule is Cc1cccc(Cn2cc(NC(=O)c3cc4nc(-c5ccc(F)cc5)cc(C(F)(F)C(F)(F)F)n4n3)cn2)c1. The number of alkyl halides is 5. The van der Waals surface area contributed by atoms with Gasteiger partial charge < -0.3 is 5.32 Å². The topological polar surface area (TPSA) is 77.1 Å². The van der Waals surface area contributed by atoms with Crippen molar-refractivity contribution in [3.05, 3.63) is 101 Å². The second-order valence-corrected chi connectivity index (χ2v) is 8.78. The van der Waals surface area contributed by atoms with Crippen molar-refractivity contribution in [2.24, 2.45) is 0 Å². The maximum absolute atomic E-state index is 14.5. The van der Waals surface area contributed by atoms with E-state index in [2.05, 4.69) is 20.5 Å². The number of nitrogens with one attached hydrogen (secondary N) is 1. The van der Waals surface area contributed by atoms with E-state index < -0.39 is 40.9 Å². The Morgan fingerprint density at radius 2 is 1.74 bits per heavy atom. The Hall–Kier alpha value is -4.68. The molecule has 0 bridgehead atoms. The Kier molecular flexibility index (Phi) is 6.36. The van der Waals surface area contributed by atoms with E-state index in [1.54, 1.807) is 4.68 Å². The Bertz CT molecular complexity index is 1670. The van der Waals surface area contributed by atoms with Gasteiger partial charge in [-0.3, -0.25) is 9.48 Å². The van der Waals surface area contributed by atoms with Crippen LogP contribution in [-0.4, -0.2) is 36.5 Å². The number of aromatic nitrogens is 5. The number of rotatable bonds is 6. The quantitative estimate of drug-likeness (QED) is 0.266. The van der Waals surface area contributed by atoms with E-state index in [1.165, 1.54) is 24.5 Å². The summed E-state index contributed by atoms with van der Waals surface area (Å²) in [5.41, 5.74) is -0.350. The van der Waals surface area contributed by atoms with Crippen molar-refractivity contribution in [3.63, 3.8) is 0 Å². The predicted octanol–water partition coefficient (Wildman–Crippen LogP) is 6.00. The first-order valence-electron chi connectivity index (χ1n) is 11.4. The zero-order chi connectivity index (χ0) is 27.9. The number of carbonyl (C=O) groups is 1. The number of anilines is 1. The molecule has 1 amide bonds. The van der Waals surface area contributed by atoms with Crippen LogP contribution < -0.4 is 5.32 Å². The number of halogens is 6. The van der Waals surface area contributed by atoms with E-state index in [4.69, 9.17) is 0 Å². The van der Waals surface area contributed by atoms with Gasteiger partial charge in [0, 0.05) is 17.8 Å². The molecule has 0 aliphatic rings. The summed E-state index contributed by atoms with van der Waals surface area (Å²) in [6.07, 6.45) is -3.07. The molecule has 0 unspecified atom stereocenters. The number of amides is 1. The van der Waals surface area contributed by atoms with E-state index in [-0.39, 0.29) is 21.5 Å². The van der Waals surface area contributed by atoms with Crippen molar-refractivity contribution < 1.29 is 31.1 Å². The lowest BCUT2D eigenvalue weighted by Gasteiger charge is -2.21. The van der Waals surface area contributed by atoms with Crippen LogP contribution in [0.2, 0.25) is 0 Å². The highest BCUT2D eigenvalue weighted by atomic mass is 19.4. The fraction of sp³-hybridized carbons (Fsp3) is 0.154. The lowest BCUT2D eigenvalue weighted by molar-refractivity contribution is -0.291. The lowest BCUT2D eigenvalue weighted by Crippen LogP contribution is -2.36. The molecule has 0 radical (unpaired) electrons. The Balaban J connectivity index is 1.48. The fourth-order valence-corrected chi connectivity index (χ4v) is 3.93.